The van der Waals surface area contributed by atoms with E-state index in [2.05, 4.69) is 4.90 Å². The van der Waals surface area contributed by atoms with Gasteiger partial charge in [0.05, 0.1) is 18.8 Å². The van der Waals surface area contributed by atoms with E-state index in [0.717, 1.165) is 25.9 Å². The maximum Gasteiger partial charge on any atom is 0.108 e. The lowest BCUT2D eigenvalue weighted by atomic mass is 10.0. The van der Waals surface area contributed by atoms with Crippen molar-refractivity contribution in [2.45, 2.75) is 37.2 Å². The van der Waals surface area contributed by atoms with Gasteiger partial charge in [-0.1, -0.05) is 0 Å². The fourth-order valence-electron chi connectivity index (χ4n) is 2.86. The van der Waals surface area contributed by atoms with Crippen molar-refractivity contribution in [1.29, 1.82) is 0 Å². The average molecular weight is 217 g/mol. The summed E-state index contributed by atoms with van der Waals surface area (Å²) < 4.78 is 0. The van der Waals surface area contributed by atoms with Crippen LogP contribution in [0.15, 0.2) is 0 Å². The van der Waals surface area contributed by atoms with Crippen molar-refractivity contribution < 1.29 is 20.4 Å². The maximum absolute atomic E-state index is 9.83. The van der Waals surface area contributed by atoms with E-state index in [-0.39, 0.29) is 12.6 Å². The first-order valence-electron chi connectivity index (χ1n) is 5.56. The predicted octanol–water partition coefficient (Wildman–Crippen LogP) is -1.84. The molecule has 5 heteroatoms. The van der Waals surface area contributed by atoms with Crippen molar-refractivity contribution in [3.05, 3.63) is 0 Å². The van der Waals surface area contributed by atoms with Crippen molar-refractivity contribution in [1.82, 2.24) is 4.90 Å². The van der Waals surface area contributed by atoms with Crippen LogP contribution >= 0.6 is 0 Å². The molecule has 15 heavy (non-hydrogen) atoms. The molecule has 5 nitrogen and oxygen atoms in total. The summed E-state index contributed by atoms with van der Waals surface area (Å²) in [6.45, 7) is 1.55. The van der Waals surface area contributed by atoms with E-state index in [1.54, 1.807) is 0 Å². The zero-order valence-electron chi connectivity index (χ0n) is 8.66. The number of aliphatic hydroxyl groups excluding tert-OH is 4. The minimum absolute atomic E-state index is 0.198. The van der Waals surface area contributed by atoms with Gasteiger partial charge in [-0.25, -0.2) is 0 Å². The third kappa shape index (κ3) is 1.79. The van der Waals surface area contributed by atoms with Crippen LogP contribution in [-0.2, 0) is 0 Å². The molecule has 2 rings (SSSR count). The van der Waals surface area contributed by atoms with E-state index in [0.29, 0.717) is 0 Å². The van der Waals surface area contributed by atoms with Gasteiger partial charge in [-0.2, -0.15) is 0 Å². The molecule has 4 N–H and O–H groups in total. The Morgan fingerprint density at radius 2 is 1.53 bits per heavy atom. The third-order valence-electron chi connectivity index (χ3n) is 3.70. The van der Waals surface area contributed by atoms with Gasteiger partial charge in [-0.05, 0) is 25.9 Å². The van der Waals surface area contributed by atoms with Crippen LogP contribution in [0.25, 0.3) is 0 Å². The highest BCUT2D eigenvalue weighted by Crippen LogP contribution is 2.32. The second-order valence-electron chi connectivity index (χ2n) is 4.55. The van der Waals surface area contributed by atoms with Gasteiger partial charge in [0.25, 0.3) is 0 Å². The van der Waals surface area contributed by atoms with E-state index in [4.69, 9.17) is 0 Å². The second kappa shape index (κ2) is 4.35. The Morgan fingerprint density at radius 1 is 0.933 bits per heavy atom. The first kappa shape index (κ1) is 11.3. The van der Waals surface area contributed by atoms with E-state index in [1.165, 1.54) is 0 Å². The van der Waals surface area contributed by atoms with Gasteiger partial charge in [-0.15, -0.1) is 0 Å². The molecule has 1 heterocycles. The topological polar surface area (TPSA) is 84.2 Å². The summed E-state index contributed by atoms with van der Waals surface area (Å²) in [5.74, 6) is -0.437. The molecular weight excluding hydrogens is 198 g/mol. The number of hydrogen-bond donors (Lipinski definition) is 4. The second-order valence-corrected chi connectivity index (χ2v) is 4.55. The molecular formula is C10H19NO4. The Bertz CT molecular complexity index is 217. The average Bonchev–Trinajstić information content (AvgIpc) is 2.81. The van der Waals surface area contributed by atoms with Crippen LogP contribution in [0.1, 0.15) is 12.8 Å². The SMILES string of the molecule is OC[C@@H]1[C@H](O)[C@H](O)[C@@H](O)[C@@H]1N1CCCC1. The molecule has 2 fully saturated rings. The summed E-state index contributed by atoms with van der Waals surface area (Å²) in [5, 5.41) is 38.2. The van der Waals surface area contributed by atoms with Gasteiger partial charge in [0.2, 0.25) is 0 Å². The molecule has 0 bridgehead atoms. The summed E-state index contributed by atoms with van der Waals surface area (Å²) in [7, 11) is 0. The molecule has 0 amide bonds. The molecule has 5 atom stereocenters. The fourth-order valence-corrected chi connectivity index (χ4v) is 2.86. The third-order valence-corrected chi connectivity index (χ3v) is 3.70. The lowest BCUT2D eigenvalue weighted by Gasteiger charge is -2.30. The first-order chi connectivity index (χ1) is 7.16. The quantitative estimate of drug-likeness (QED) is 0.437. The molecule has 0 radical (unpaired) electrons. The molecule has 0 aromatic carbocycles. The van der Waals surface area contributed by atoms with Crippen LogP contribution in [0.2, 0.25) is 0 Å². The zero-order valence-corrected chi connectivity index (χ0v) is 8.66. The number of nitrogens with zero attached hydrogens (tertiary/aromatic N) is 1. The Balaban J connectivity index is 2.13. The number of aliphatic hydroxyl groups is 4. The Kier molecular flexibility index (Phi) is 3.27. The smallest absolute Gasteiger partial charge is 0.108 e. The molecule has 1 aliphatic heterocycles. The molecule has 88 valence electrons. The van der Waals surface area contributed by atoms with Gasteiger partial charge >= 0.3 is 0 Å². The van der Waals surface area contributed by atoms with Crippen molar-refractivity contribution in [3.63, 3.8) is 0 Å². The van der Waals surface area contributed by atoms with E-state index >= 15 is 0 Å². The van der Waals surface area contributed by atoms with Crippen LogP contribution in [0.3, 0.4) is 0 Å². The summed E-state index contributed by atoms with van der Waals surface area (Å²) in [6, 6.07) is -0.303. The van der Waals surface area contributed by atoms with Gasteiger partial charge in [-0.3, -0.25) is 4.90 Å². The van der Waals surface area contributed by atoms with Crippen LogP contribution < -0.4 is 0 Å². The van der Waals surface area contributed by atoms with Gasteiger partial charge < -0.3 is 20.4 Å². The highest BCUT2D eigenvalue weighted by Gasteiger charge is 2.50. The maximum atomic E-state index is 9.83. The fraction of sp³-hybridized carbons (Fsp3) is 1.00. The van der Waals surface area contributed by atoms with Crippen LogP contribution in [0.4, 0.5) is 0 Å². The summed E-state index contributed by atoms with van der Waals surface area (Å²) in [4.78, 5) is 2.06. The van der Waals surface area contributed by atoms with E-state index in [9.17, 15) is 20.4 Å². The largest absolute Gasteiger partial charge is 0.396 e. The Hall–Kier alpha value is -0.200. The van der Waals surface area contributed by atoms with Crippen molar-refractivity contribution in [2.75, 3.05) is 19.7 Å². The van der Waals surface area contributed by atoms with E-state index in [1.807, 2.05) is 0 Å². The van der Waals surface area contributed by atoms with Crippen LogP contribution in [0.5, 0.6) is 0 Å². The number of likely N-dealkylation sites (tertiary alicyclic amines) is 1. The Labute approximate surface area is 88.9 Å². The summed E-state index contributed by atoms with van der Waals surface area (Å²) >= 11 is 0. The van der Waals surface area contributed by atoms with E-state index < -0.39 is 24.2 Å². The lowest BCUT2D eigenvalue weighted by molar-refractivity contribution is -0.0340. The predicted molar refractivity (Wildman–Crippen MR) is 53.2 cm³/mol. The van der Waals surface area contributed by atoms with Gasteiger partial charge in [0.1, 0.15) is 6.10 Å². The van der Waals surface area contributed by atoms with Gasteiger partial charge in [0.15, 0.2) is 0 Å². The van der Waals surface area contributed by atoms with Crippen LogP contribution in [0, 0.1) is 5.92 Å². The highest BCUT2D eigenvalue weighted by molar-refractivity contribution is 5.03. The first-order valence-corrected chi connectivity index (χ1v) is 5.56. The van der Waals surface area contributed by atoms with Crippen LogP contribution in [-0.4, -0.2) is 69.4 Å². The highest BCUT2D eigenvalue weighted by atomic mass is 16.4. The summed E-state index contributed by atoms with van der Waals surface area (Å²) in [6.07, 6.45) is -0.945. The minimum atomic E-state index is -1.13. The number of hydrogen-bond acceptors (Lipinski definition) is 5. The standard InChI is InChI=1S/C10H19NO4/c12-5-6-7(11-3-1-2-4-11)9(14)10(15)8(6)13/h6-10,12-15H,1-5H2/t6-,7+,8-,9-,10-/m0/s1. The van der Waals surface area contributed by atoms with Crippen molar-refractivity contribution >= 4 is 0 Å². The molecule has 0 aromatic heterocycles. The Morgan fingerprint density at radius 3 is 2.07 bits per heavy atom. The summed E-state index contributed by atoms with van der Waals surface area (Å²) in [5.41, 5.74) is 0. The van der Waals surface area contributed by atoms with Crippen molar-refractivity contribution in [3.8, 4) is 0 Å². The minimum Gasteiger partial charge on any atom is -0.396 e. The number of rotatable bonds is 2. The lowest BCUT2D eigenvalue weighted by Crippen LogP contribution is -2.45. The molecule has 1 aliphatic carbocycles. The molecule has 2 aliphatic rings. The van der Waals surface area contributed by atoms with Crippen molar-refractivity contribution in [2.24, 2.45) is 5.92 Å². The zero-order chi connectivity index (χ0) is 11.0. The molecule has 0 unspecified atom stereocenters. The molecule has 0 spiro atoms. The molecule has 1 saturated heterocycles. The molecule has 0 aromatic rings. The molecule has 1 saturated carbocycles. The monoisotopic (exact) mass is 217 g/mol. The van der Waals surface area contributed by atoms with Gasteiger partial charge in [0, 0.05) is 12.0 Å². The normalized spacial score (nSPS) is 47.6.